The minimum atomic E-state index is -0.236. The molecule has 0 spiro atoms. The van der Waals surface area contributed by atoms with Gasteiger partial charge in [0.2, 0.25) is 0 Å². The van der Waals surface area contributed by atoms with Crippen LogP contribution in [-0.2, 0) is 13.1 Å². The topological polar surface area (TPSA) is 64.5 Å². The Morgan fingerprint density at radius 3 is 1.33 bits per heavy atom. The van der Waals surface area contributed by atoms with Gasteiger partial charge in [-0.2, -0.15) is 0 Å². The third kappa shape index (κ3) is 4.28. The van der Waals surface area contributed by atoms with Gasteiger partial charge in [0.1, 0.15) is 11.5 Å². The van der Waals surface area contributed by atoms with Crippen LogP contribution in [0.1, 0.15) is 38.8 Å². The lowest BCUT2D eigenvalue weighted by molar-refractivity contribution is 0.188. The van der Waals surface area contributed by atoms with Crippen LogP contribution < -0.4 is 10.6 Å². The molecule has 0 aliphatic heterocycles. The molecule has 0 unspecified atom stereocenters. The van der Waals surface area contributed by atoms with E-state index in [2.05, 4.69) is 38.3 Å². The van der Waals surface area contributed by atoms with Gasteiger partial charge in [-0.05, 0) is 39.8 Å². The highest BCUT2D eigenvalue weighted by Gasteiger charge is 2.36. The predicted octanol–water partition coefficient (Wildman–Crippen LogP) is 3.53. The Balaban J connectivity index is 2.00. The molecule has 0 saturated carbocycles. The summed E-state index contributed by atoms with van der Waals surface area (Å²) in [4.78, 5) is 0. The van der Waals surface area contributed by atoms with Gasteiger partial charge < -0.3 is 20.8 Å². The van der Waals surface area contributed by atoms with Crippen molar-refractivity contribution in [1.29, 1.82) is 0 Å². The smallest absolute Gasteiger partial charge is 0.120 e. The lowest BCUT2D eigenvalue weighted by atomic mass is 9.82. The van der Waals surface area contributed by atoms with Crippen molar-refractivity contribution in [2.24, 2.45) is 0 Å². The lowest BCUT2D eigenvalue weighted by Crippen LogP contribution is -2.62. The maximum Gasteiger partial charge on any atom is 0.120 e. The summed E-state index contributed by atoms with van der Waals surface area (Å²) in [6.45, 7) is 9.69. The molecule has 0 saturated heterocycles. The van der Waals surface area contributed by atoms with Crippen molar-refractivity contribution >= 4 is 0 Å². The zero-order valence-corrected chi connectivity index (χ0v) is 14.9. The van der Waals surface area contributed by atoms with E-state index in [1.807, 2.05) is 36.4 Å². The van der Waals surface area contributed by atoms with Gasteiger partial charge in [-0.25, -0.2) is 0 Å². The molecule has 0 aromatic heterocycles. The number of hydrogen-bond acceptors (Lipinski definition) is 4. The van der Waals surface area contributed by atoms with Crippen molar-refractivity contribution < 1.29 is 10.2 Å². The molecule has 4 heteroatoms. The highest BCUT2D eigenvalue weighted by molar-refractivity contribution is 5.32. The SMILES string of the molecule is CC(C)(NCc1ccccc1O)C(C)(C)NCc1ccccc1O. The second-order valence-electron chi connectivity index (χ2n) is 7.21. The molecule has 4 nitrogen and oxygen atoms in total. The molecule has 24 heavy (non-hydrogen) atoms. The molecule has 130 valence electrons. The average molecular weight is 328 g/mol. The zero-order chi connectivity index (χ0) is 17.8. The molecule has 0 radical (unpaired) electrons. The average Bonchev–Trinajstić information content (AvgIpc) is 2.53. The molecule has 0 aliphatic carbocycles. The quantitative estimate of drug-likeness (QED) is 0.628. The number of nitrogens with one attached hydrogen (secondary N) is 2. The van der Waals surface area contributed by atoms with Gasteiger partial charge in [0, 0.05) is 35.3 Å². The molecule has 0 fully saturated rings. The Hall–Kier alpha value is -2.04. The summed E-state index contributed by atoms with van der Waals surface area (Å²) < 4.78 is 0. The lowest BCUT2D eigenvalue weighted by Gasteiger charge is -2.43. The number of phenolic OH excluding ortho intramolecular Hbond substituents is 2. The minimum Gasteiger partial charge on any atom is -0.508 e. The van der Waals surface area contributed by atoms with E-state index in [1.54, 1.807) is 12.1 Å². The van der Waals surface area contributed by atoms with Gasteiger partial charge in [-0.15, -0.1) is 0 Å². The molecule has 0 heterocycles. The van der Waals surface area contributed by atoms with Crippen molar-refractivity contribution in [3.63, 3.8) is 0 Å². The van der Waals surface area contributed by atoms with Crippen molar-refractivity contribution in [1.82, 2.24) is 10.6 Å². The van der Waals surface area contributed by atoms with Crippen molar-refractivity contribution in [2.75, 3.05) is 0 Å². The molecule has 0 aliphatic rings. The van der Waals surface area contributed by atoms with Crippen LogP contribution in [0.25, 0.3) is 0 Å². The van der Waals surface area contributed by atoms with E-state index in [0.717, 1.165) is 11.1 Å². The third-order valence-electron chi connectivity index (χ3n) is 4.99. The van der Waals surface area contributed by atoms with Crippen LogP contribution in [0.4, 0.5) is 0 Å². The van der Waals surface area contributed by atoms with Crippen LogP contribution in [-0.4, -0.2) is 21.3 Å². The summed E-state index contributed by atoms with van der Waals surface area (Å²) in [7, 11) is 0. The maximum absolute atomic E-state index is 9.91. The summed E-state index contributed by atoms with van der Waals surface area (Å²) in [5.74, 6) is 0.613. The standard InChI is InChI=1S/C20H28N2O2/c1-19(2,21-13-15-9-5-7-11-17(15)23)20(3,4)22-14-16-10-6-8-12-18(16)24/h5-12,21-24H,13-14H2,1-4H3. The first-order valence-electron chi connectivity index (χ1n) is 8.27. The Morgan fingerprint density at radius 2 is 1.00 bits per heavy atom. The van der Waals surface area contributed by atoms with E-state index in [1.165, 1.54) is 0 Å². The second kappa shape index (κ2) is 7.24. The summed E-state index contributed by atoms with van der Waals surface area (Å²) in [6, 6.07) is 14.7. The summed E-state index contributed by atoms with van der Waals surface area (Å²) in [5, 5.41) is 26.9. The fraction of sp³-hybridized carbons (Fsp3) is 0.400. The van der Waals surface area contributed by atoms with Crippen molar-refractivity contribution in [3.8, 4) is 11.5 Å². The van der Waals surface area contributed by atoms with Crippen molar-refractivity contribution in [2.45, 2.75) is 51.9 Å². The van der Waals surface area contributed by atoms with Gasteiger partial charge in [-0.3, -0.25) is 0 Å². The van der Waals surface area contributed by atoms with Crippen LogP contribution in [0.5, 0.6) is 11.5 Å². The predicted molar refractivity (Wildman–Crippen MR) is 98.1 cm³/mol. The summed E-state index contributed by atoms with van der Waals surface area (Å²) >= 11 is 0. The Labute approximate surface area is 144 Å². The van der Waals surface area contributed by atoms with Gasteiger partial charge in [0.15, 0.2) is 0 Å². The fourth-order valence-corrected chi connectivity index (χ4v) is 2.39. The van der Waals surface area contributed by atoms with Gasteiger partial charge in [-0.1, -0.05) is 36.4 Å². The molecular formula is C20H28N2O2. The Morgan fingerprint density at radius 1 is 0.667 bits per heavy atom. The molecule has 0 bridgehead atoms. The highest BCUT2D eigenvalue weighted by atomic mass is 16.3. The molecular weight excluding hydrogens is 300 g/mol. The van der Waals surface area contributed by atoms with Gasteiger partial charge in [0.05, 0.1) is 0 Å². The third-order valence-corrected chi connectivity index (χ3v) is 4.99. The van der Waals surface area contributed by atoms with Crippen LogP contribution in [0, 0.1) is 0 Å². The molecule has 4 N–H and O–H groups in total. The normalized spacial score (nSPS) is 12.3. The molecule has 0 atom stereocenters. The van der Waals surface area contributed by atoms with E-state index >= 15 is 0 Å². The van der Waals surface area contributed by atoms with Crippen LogP contribution >= 0.6 is 0 Å². The molecule has 0 amide bonds. The van der Waals surface area contributed by atoms with Gasteiger partial charge in [0.25, 0.3) is 0 Å². The summed E-state index contributed by atoms with van der Waals surface area (Å²) in [5.41, 5.74) is 1.28. The van der Waals surface area contributed by atoms with E-state index in [9.17, 15) is 10.2 Å². The van der Waals surface area contributed by atoms with Crippen molar-refractivity contribution in [3.05, 3.63) is 59.7 Å². The molecule has 2 rings (SSSR count). The first-order chi connectivity index (χ1) is 11.2. The Kier molecular flexibility index (Phi) is 5.52. The van der Waals surface area contributed by atoms with E-state index in [-0.39, 0.29) is 11.1 Å². The monoisotopic (exact) mass is 328 g/mol. The van der Waals surface area contributed by atoms with E-state index in [0.29, 0.717) is 24.6 Å². The number of para-hydroxylation sites is 2. The van der Waals surface area contributed by atoms with Gasteiger partial charge >= 0.3 is 0 Å². The summed E-state index contributed by atoms with van der Waals surface area (Å²) in [6.07, 6.45) is 0. The van der Waals surface area contributed by atoms with E-state index < -0.39 is 0 Å². The second-order valence-corrected chi connectivity index (χ2v) is 7.21. The number of aromatic hydroxyl groups is 2. The fourth-order valence-electron chi connectivity index (χ4n) is 2.39. The number of rotatable bonds is 7. The largest absolute Gasteiger partial charge is 0.508 e. The molecule has 2 aromatic carbocycles. The van der Waals surface area contributed by atoms with Crippen LogP contribution in [0.2, 0.25) is 0 Å². The molecule has 2 aromatic rings. The maximum atomic E-state index is 9.91. The minimum absolute atomic E-state index is 0.236. The number of phenols is 2. The highest BCUT2D eigenvalue weighted by Crippen LogP contribution is 2.25. The number of hydrogen-bond donors (Lipinski definition) is 4. The van der Waals surface area contributed by atoms with Crippen LogP contribution in [0.3, 0.4) is 0 Å². The first-order valence-corrected chi connectivity index (χ1v) is 8.27. The first kappa shape index (κ1) is 18.3. The Bertz CT molecular complexity index is 621. The zero-order valence-electron chi connectivity index (χ0n) is 14.9. The number of benzene rings is 2. The van der Waals surface area contributed by atoms with E-state index in [4.69, 9.17) is 0 Å². The van der Waals surface area contributed by atoms with Crippen LogP contribution in [0.15, 0.2) is 48.5 Å².